The Kier molecular flexibility index (Phi) is 7.19. The van der Waals surface area contributed by atoms with Crippen LogP contribution >= 0.6 is 0 Å². The van der Waals surface area contributed by atoms with Gasteiger partial charge < -0.3 is 10.6 Å². The maximum Gasteiger partial charge on any atom is 0.246 e. The number of carbonyl (C=O) groups is 1. The van der Waals surface area contributed by atoms with E-state index < -0.39 is 6.04 Å². The highest BCUT2D eigenvalue weighted by Crippen LogP contribution is 2.42. The molecule has 8 nitrogen and oxygen atoms in total. The zero-order chi connectivity index (χ0) is 24.8. The number of carbonyl (C=O) groups excluding carboxylic acids is 1. The van der Waals surface area contributed by atoms with Crippen molar-refractivity contribution >= 4 is 5.91 Å². The van der Waals surface area contributed by atoms with Crippen LogP contribution in [0.4, 0.5) is 0 Å². The first-order valence-electron chi connectivity index (χ1n) is 11.1. The summed E-state index contributed by atoms with van der Waals surface area (Å²) in [6, 6.07) is 18.3. The van der Waals surface area contributed by atoms with Crippen LogP contribution in [0.1, 0.15) is 51.6 Å². The molecule has 1 aromatic carbocycles. The highest BCUT2D eigenvalue weighted by molar-refractivity contribution is 5.81. The summed E-state index contributed by atoms with van der Waals surface area (Å²) in [5, 5.41) is 9.56. The molecule has 3 aromatic heterocycles. The first kappa shape index (κ1) is 23.7. The van der Waals surface area contributed by atoms with E-state index in [4.69, 9.17) is 10.7 Å². The van der Waals surface area contributed by atoms with Crippen LogP contribution in [0.5, 0.6) is 0 Å². The largest absolute Gasteiger partial charge is 0.347 e. The second kappa shape index (κ2) is 10.6. The van der Waals surface area contributed by atoms with E-state index in [2.05, 4.69) is 21.0 Å². The number of nitriles is 1. The molecular formula is C27H25N7O. The molecule has 0 saturated carbocycles. The van der Waals surface area contributed by atoms with Gasteiger partial charge in [0.2, 0.25) is 5.91 Å². The van der Waals surface area contributed by atoms with Gasteiger partial charge in [-0.05, 0) is 47.0 Å². The van der Waals surface area contributed by atoms with Gasteiger partial charge in [-0.3, -0.25) is 14.8 Å². The van der Waals surface area contributed by atoms with E-state index in [1.54, 1.807) is 38.8 Å². The molecular weight excluding hydrogens is 438 g/mol. The van der Waals surface area contributed by atoms with Crippen molar-refractivity contribution in [1.29, 1.82) is 5.26 Å². The minimum atomic E-state index is -0.994. The van der Waals surface area contributed by atoms with Crippen molar-refractivity contribution in [2.24, 2.45) is 5.73 Å². The Morgan fingerprint density at radius 1 is 0.914 bits per heavy atom. The minimum Gasteiger partial charge on any atom is -0.347 e. The number of likely N-dealkylation sites (N-methyl/N-ethyl adjacent to an activating group) is 1. The van der Waals surface area contributed by atoms with Crippen molar-refractivity contribution in [3.8, 4) is 6.07 Å². The number of aromatic nitrogens is 4. The molecule has 2 N–H and O–H groups in total. The summed E-state index contributed by atoms with van der Waals surface area (Å²) in [5.41, 5.74) is 10.2. The minimum absolute atomic E-state index is 0.227. The molecule has 1 unspecified atom stereocenters. The standard InChI is InChI=1S/C27H25N7O/c1-34(2)27(35)25(29)26-32-13-10-22(33-26)24(19-7-3-6-18(14-19)15-28)23(20-8-4-11-30-16-20)21-9-5-12-31-17-21/h3-14,16-17,23-25H,29H2,1-2H3/t24?,25-/m0/s1. The van der Waals surface area contributed by atoms with Crippen molar-refractivity contribution in [2.75, 3.05) is 14.1 Å². The van der Waals surface area contributed by atoms with Gasteiger partial charge in [-0.1, -0.05) is 24.3 Å². The van der Waals surface area contributed by atoms with Gasteiger partial charge in [0.25, 0.3) is 0 Å². The van der Waals surface area contributed by atoms with Crippen LogP contribution < -0.4 is 5.73 Å². The van der Waals surface area contributed by atoms with Gasteiger partial charge >= 0.3 is 0 Å². The Balaban J connectivity index is 1.93. The molecule has 0 bridgehead atoms. The summed E-state index contributed by atoms with van der Waals surface area (Å²) < 4.78 is 0. The van der Waals surface area contributed by atoms with Gasteiger partial charge in [0.05, 0.1) is 17.3 Å². The average Bonchev–Trinajstić information content (AvgIpc) is 2.91. The molecule has 3 heterocycles. The van der Waals surface area contributed by atoms with Crippen LogP contribution in [0, 0.1) is 11.3 Å². The lowest BCUT2D eigenvalue weighted by molar-refractivity contribution is -0.130. The maximum absolute atomic E-state index is 12.5. The Labute approximate surface area is 204 Å². The van der Waals surface area contributed by atoms with E-state index in [0.717, 1.165) is 16.7 Å². The topological polar surface area (TPSA) is 122 Å². The van der Waals surface area contributed by atoms with E-state index in [1.807, 2.05) is 60.9 Å². The number of hydrogen-bond donors (Lipinski definition) is 1. The van der Waals surface area contributed by atoms with Gasteiger partial charge in [0.1, 0.15) is 6.04 Å². The highest BCUT2D eigenvalue weighted by atomic mass is 16.2. The predicted octanol–water partition coefficient (Wildman–Crippen LogP) is 3.19. The molecule has 0 saturated heterocycles. The molecule has 0 aliphatic carbocycles. The van der Waals surface area contributed by atoms with Gasteiger partial charge in [0, 0.05) is 56.9 Å². The number of nitrogens with two attached hydrogens (primary N) is 1. The monoisotopic (exact) mass is 463 g/mol. The van der Waals surface area contributed by atoms with Gasteiger partial charge in [-0.15, -0.1) is 0 Å². The quantitative estimate of drug-likeness (QED) is 0.447. The number of rotatable bonds is 7. The third kappa shape index (κ3) is 5.21. The van der Waals surface area contributed by atoms with Gasteiger partial charge in [0.15, 0.2) is 5.82 Å². The van der Waals surface area contributed by atoms with Gasteiger partial charge in [-0.2, -0.15) is 5.26 Å². The molecule has 174 valence electrons. The summed E-state index contributed by atoms with van der Waals surface area (Å²) in [6.07, 6.45) is 8.71. The number of pyridine rings is 2. The summed E-state index contributed by atoms with van der Waals surface area (Å²) in [4.78, 5) is 31.7. The lowest BCUT2D eigenvalue weighted by Crippen LogP contribution is -2.34. The van der Waals surface area contributed by atoms with E-state index in [9.17, 15) is 10.1 Å². The molecule has 0 fully saturated rings. The molecule has 2 atom stereocenters. The van der Waals surface area contributed by atoms with Crippen molar-refractivity contribution in [1.82, 2.24) is 24.8 Å². The molecule has 0 aliphatic heterocycles. The van der Waals surface area contributed by atoms with Crippen molar-refractivity contribution in [2.45, 2.75) is 17.9 Å². The summed E-state index contributed by atoms with van der Waals surface area (Å²) in [7, 11) is 3.28. The van der Waals surface area contributed by atoms with Gasteiger partial charge in [-0.25, -0.2) is 9.97 Å². The molecule has 0 spiro atoms. The SMILES string of the molecule is CN(C)C(=O)[C@@H](N)c1nccc(C(c2cccc(C#N)c2)C(c2cccnc2)c2cccnc2)n1. The average molecular weight is 464 g/mol. The normalized spacial score (nSPS) is 12.5. The molecule has 4 rings (SSSR count). The number of benzene rings is 1. The Hall–Kier alpha value is -4.48. The van der Waals surface area contributed by atoms with Crippen LogP contribution in [0.15, 0.2) is 85.6 Å². The smallest absolute Gasteiger partial charge is 0.246 e. The first-order chi connectivity index (χ1) is 17.0. The predicted molar refractivity (Wildman–Crippen MR) is 131 cm³/mol. The lowest BCUT2D eigenvalue weighted by atomic mass is 9.76. The molecule has 4 aromatic rings. The number of hydrogen-bond acceptors (Lipinski definition) is 7. The second-order valence-corrected chi connectivity index (χ2v) is 8.32. The zero-order valence-corrected chi connectivity index (χ0v) is 19.5. The lowest BCUT2D eigenvalue weighted by Gasteiger charge is -2.28. The van der Waals surface area contributed by atoms with E-state index in [0.29, 0.717) is 11.3 Å². The maximum atomic E-state index is 12.5. The zero-order valence-electron chi connectivity index (χ0n) is 19.5. The molecule has 1 amide bonds. The second-order valence-electron chi connectivity index (χ2n) is 8.32. The van der Waals surface area contributed by atoms with Crippen LogP contribution in [-0.2, 0) is 4.79 Å². The van der Waals surface area contributed by atoms with Crippen LogP contribution in [0.2, 0.25) is 0 Å². The molecule has 8 heteroatoms. The summed E-state index contributed by atoms with van der Waals surface area (Å²) in [5.74, 6) is -0.616. The fourth-order valence-corrected chi connectivity index (χ4v) is 4.13. The third-order valence-corrected chi connectivity index (χ3v) is 5.79. The van der Waals surface area contributed by atoms with E-state index in [1.165, 1.54) is 4.90 Å². The third-order valence-electron chi connectivity index (χ3n) is 5.79. The fraction of sp³-hybridized carbons (Fsp3) is 0.185. The van der Waals surface area contributed by atoms with E-state index >= 15 is 0 Å². The molecule has 35 heavy (non-hydrogen) atoms. The van der Waals surface area contributed by atoms with Crippen molar-refractivity contribution in [3.05, 3.63) is 119 Å². The van der Waals surface area contributed by atoms with E-state index in [-0.39, 0.29) is 23.6 Å². The summed E-state index contributed by atoms with van der Waals surface area (Å²) >= 11 is 0. The Bertz CT molecular complexity index is 1300. The number of amides is 1. The fourth-order valence-electron chi connectivity index (χ4n) is 4.13. The van der Waals surface area contributed by atoms with Crippen molar-refractivity contribution in [3.63, 3.8) is 0 Å². The summed E-state index contributed by atoms with van der Waals surface area (Å²) in [6.45, 7) is 0. The molecule has 0 aliphatic rings. The van der Waals surface area contributed by atoms with Crippen LogP contribution in [0.25, 0.3) is 0 Å². The highest BCUT2D eigenvalue weighted by Gasteiger charge is 2.31. The Morgan fingerprint density at radius 3 is 2.14 bits per heavy atom. The van der Waals surface area contributed by atoms with Crippen molar-refractivity contribution < 1.29 is 4.79 Å². The first-order valence-corrected chi connectivity index (χ1v) is 11.1. The number of nitrogens with zero attached hydrogens (tertiary/aromatic N) is 6. The van der Waals surface area contributed by atoms with Crippen LogP contribution in [-0.4, -0.2) is 44.8 Å². The Morgan fingerprint density at radius 2 is 1.57 bits per heavy atom. The molecule has 0 radical (unpaired) electrons. The van der Waals surface area contributed by atoms with Crippen LogP contribution in [0.3, 0.4) is 0 Å².